The number of halogens is 1. The number of quaternary nitrogens is 1. The van der Waals surface area contributed by atoms with Crippen molar-refractivity contribution >= 4 is 11.6 Å². The van der Waals surface area contributed by atoms with Crippen molar-refractivity contribution in [2.75, 3.05) is 27.0 Å². The minimum Gasteiger partial charge on any atom is -0.313 e. The van der Waals surface area contributed by atoms with Gasteiger partial charge in [0, 0.05) is 0 Å². The molecule has 1 aliphatic heterocycles. The second kappa shape index (κ2) is 2.11. The summed E-state index contributed by atoms with van der Waals surface area (Å²) in [4.78, 5) is 0. The topological polar surface area (TPSA) is 12.5 Å². The molecule has 0 bridgehead atoms. The van der Waals surface area contributed by atoms with Gasteiger partial charge in [-0.3, -0.25) is 0 Å². The molecule has 2 unspecified atom stereocenters. The number of hydrogen-bond acceptors (Lipinski definition) is 1. The second-order valence-corrected chi connectivity index (χ2v) is 3.64. The molecule has 3 heteroatoms. The first-order chi connectivity index (χ1) is 4.05. The van der Waals surface area contributed by atoms with E-state index in [0.29, 0.717) is 18.2 Å². The van der Waals surface area contributed by atoms with E-state index in [9.17, 15) is 0 Å². The van der Waals surface area contributed by atoms with E-state index in [0.717, 1.165) is 4.48 Å². The molecular formula is C6H13ClNO+. The van der Waals surface area contributed by atoms with Gasteiger partial charge in [-0.25, -0.2) is 0 Å². The number of likely N-dealkylation sites (N-methyl/N-ethyl adjacent to an activating group) is 1. The predicted octanol–water partition coefficient (Wildman–Crippen LogP) is 0.656. The van der Waals surface area contributed by atoms with Crippen LogP contribution in [0.3, 0.4) is 0 Å². The van der Waals surface area contributed by atoms with Gasteiger partial charge in [-0.2, -0.15) is 0 Å². The molecule has 0 aromatic rings. The Hall–Kier alpha value is 0.210. The van der Waals surface area contributed by atoms with Crippen molar-refractivity contribution in [3.8, 4) is 0 Å². The summed E-state index contributed by atoms with van der Waals surface area (Å²) in [6.45, 7) is 0. The fraction of sp³-hybridized carbons (Fsp3) is 1.00. The second-order valence-electron chi connectivity index (χ2n) is 3.34. The van der Waals surface area contributed by atoms with Gasteiger partial charge in [0.25, 0.3) is 0 Å². The molecular weight excluding hydrogens is 138 g/mol. The molecule has 54 valence electrons. The third kappa shape index (κ3) is 1.57. The highest BCUT2D eigenvalue weighted by Gasteiger charge is 2.48. The van der Waals surface area contributed by atoms with Gasteiger partial charge in [0.1, 0.15) is 0 Å². The van der Waals surface area contributed by atoms with Crippen LogP contribution in [0.5, 0.6) is 0 Å². The fourth-order valence-corrected chi connectivity index (χ4v) is 1.15. The van der Waals surface area contributed by atoms with Crippen LogP contribution in [0.4, 0.5) is 0 Å². The van der Waals surface area contributed by atoms with E-state index in [2.05, 4.69) is 21.1 Å². The van der Waals surface area contributed by atoms with Gasteiger partial charge in [0.15, 0.2) is 6.10 Å². The first kappa shape index (κ1) is 7.32. The van der Waals surface area contributed by atoms with E-state index < -0.39 is 0 Å². The Labute approximate surface area is 60.9 Å². The lowest BCUT2D eigenvalue weighted by Gasteiger charge is -2.20. The van der Waals surface area contributed by atoms with Crippen LogP contribution in [0, 0.1) is 0 Å². The monoisotopic (exact) mass is 150 g/mol. The lowest BCUT2D eigenvalue weighted by molar-refractivity contribution is -0.892. The summed E-state index contributed by atoms with van der Waals surface area (Å²) in [5, 5.41) is 0. The molecule has 2 atom stereocenters. The first-order valence-electron chi connectivity index (χ1n) is 3.08. The lowest BCUT2D eigenvalue weighted by atomic mass is 10.4. The average Bonchev–Trinajstić information content (AvgIpc) is 2.39. The summed E-state index contributed by atoms with van der Waals surface area (Å²) in [5.41, 5.74) is 0. The molecule has 1 heterocycles. The van der Waals surface area contributed by atoms with Gasteiger partial charge >= 0.3 is 0 Å². The van der Waals surface area contributed by atoms with Gasteiger partial charge < -0.3 is 9.22 Å². The van der Waals surface area contributed by atoms with Gasteiger partial charge in [-0.05, 0) is 0 Å². The van der Waals surface area contributed by atoms with Gasteiger partial charge in [0.05, 0.1) is 27.0 Å². The molecule has 2 nitrogen and oxygen atoms in total. The predicted molar refractivity (Wildman–Crippen MR) is 37.4 cm³/mol. The largest absolute Gasteiger partial charge is 0.313 e. The fourth-order valence-electron chi connectivity index (χ4n) is 0.928. The number of rotatable bonds is 2. The molecule has 0 saturated carbocycles. The summed E-state index contributed by atoms with van der Waals surface area (Å²) in [5.74, 6) is 0.625. The summed E-state index contributed by atoms with van der Waals surface area (Å²) in [7, 11) is 6.33. The summed E-state index contributed by atoms with van der Waals surface area (Å²) < 4.78 is 6.13. The van der Waals surface area contributed by atoms with Crippen LogP contribution in [0.25, 0.3) is 0 Å². The highest BCUT2D eigenvalue weighted by molar-refractivity contribution is 6.18. The Balaban J connectivity index is 2.33. The third-order valence-electron chi connectivity index (χ3n) is 1.47. The highest BCUT2D eigenvalue weighted by atomic mass is 35.5. The lowest BCUT2D eigenvalue weighted by Crippen LogP contribution is -2.39. The van der Waals surface area contributed by atoms with Crippen molar-refractivity contribution in [1.82, 2.24) is 0 Å². The molecule has 1 aliphatic rings. The molecule has 0 aromatic heterocycles. The Morgan fingerprint density at radius 2 is 2.00 bits per heavy atom. The molecule has 1 saturated heterocycles. The van der Waals surface area contributed by atoms with Crippen LogP contribution < -0.4 is 0 Å². The van der Waals surface area contributed by atoms with Crippen LogP contribution in [-0.4, -0.2) is 43.8 Å². The summed E-state index contributed by atoms with van der Waals surface area (Å²) in [6.07, 6.45) is 0.633. The number of ether oxygens (including phenoxy) is 1. The van der Waals surface area contributed by atoms with Crippen molar-refractivity contribution in [1.29, 1.82) is 0 Å². The standard InChI is InChI=1S/C6H13ClNO/c1-8(2,3)6-5(4-7)9-6/h5-6H,4H2,1-3H3/q+1. The van der Waals surface area contributed by atoms with E-state index in [1.165, 1.54) is 0 Å². The zero-order valence-corrected chi connectivity index (χ0v) is 6.85. The van der Waals surface area contributed by atoms with Crippen molar-refractivity contribution in [3.63, 3.8) is 0 Å². The maximum absolute atomic E-state index is 5.56. The molecule has 1 fully saturated rings. The molecule has 0 radical (unpaired) electrons. The van der Waals surface area contributed by atoms with Gasteiger partial charge in [0.2, 0.25) is 6.23 Å². The molecule has 0 N–H and O–H groups in total. The quantitative estimate of drug-likeness (QED) is 0.320. The van der Waals surface area contributed by atoms with E-state index in [-0.39, 0.29) is 0 Å². The van der Waals surface area contributed by atoms with Crippen LogP contribution in [0.2, 0.25) is 0 Å². The van der Waals surface area contributed by atoms with Crippen molar-refractivity contribution in [2.24, 2.45) is 0 Å². The highest BCUT2D eigenvalue weighted by Crippen LogP contribution is 2.28. The van der Waals surface area contributed by atoms with Crippen LogP contribution in [0.1, 0.15) is 0 Å². The zero-order valence-electron chi connectivity index (χ0n) is 6.10. The zero-order chi connectivity index (χ0) is 7.07. The Bertz CT molecular complexity index is 110. The number of alkyl halides is 1. The molecule has 0 aliphatic carbocycles. The van der Waals surface area contributed by atoms with E-state index in [1.807, 2.05) is 0 Å². The Morgan fingerprint density at radius 3 is 2.11 bits per heavy atom. The molecule has 0 aromatic carbocycles. The van der Waals surface area contributed by atoms with Crippen molar-refractivity contribution < 1.29 is 9.22 Å². The van der Waals surface area contributed by atoms with Crippen LogP contribution in [0.15, 0.2) is 0 Å². The van der Waals surface area contributed by atoms with E-state index >= 15 is 0 Å². The van der Waals surface area contributed by atoms with Crippen LogP contribution in [-0.2, 0) is 4.74 Å². The molecule has 1 rings (SSSR count). The van der Waals surface area contributed by atoms with Crippen molar-refractivity contribution in [2.45, 2.75) is 12.3 Å². The normalized spacial score (nSPS) is 34.7. The number of hydrogen-bond donors (Lipinski definition) is 0. The maximum Gasteiger partial charge on any atom is 0.221 e. The minimum absolute atomic E-state index is 0.298. The summed E-state index contributed by atoms with van der Waals surface area (Å²) >= 11 is 5.56. The van der Waals surface area contributed by atoms with Crippen LogP contribution >= 0.6 is 11.6 Å². The molecule has 0 spiro atoms. The number of nitrogens with zero attached hydrogens (tertiary/aromatic N) is 1. The third-order valence-corrected chi connectivity index (χ3v) is 1.78. The van der Waals surface area contributed by atoms with Gasteiger partial charge in [-0.1, -0.05) is 0 Å². The van der Waals surface area contributed by atoms with Crippen molar-refractivity contribution in [3.05, 3.63) is 0 Å². The Kier molecular flexibility index (Phi) is 1.72. The first-order valence-corrected chi connectivity index (χ1v) is 3.61. The van der Waals surface area contributed by atoms with Gasteiger partial charge in [-0.15, -0.1) is 11.6 Å². The maximum atomic E-state index is 5.56. The SMILES string of the molecule is C[N+](C)(C)C1OC1CCl. The smallest absolute Gasteiger partial charge is 0.221 e. The van der Waals surface area contributed by atoms with E-state index in [1.54, 1.807) is 0 Å². The summed E-state index contributed by atoms with van der Waals surface area (Å²) in [6, 6.07) is 0. The molecule has 0 amide bonds. The minimum atomic E-state index is 0.298. The number of epoxide rings is 1. The average molecular weight is 151 g/mol. The Morgan fingerprint density at radius 1 is 1.44 bits per heavy atom. The molecule has 9 heavy (non-hydrogen) atoms. The van der Waals surface area contributed by atoms with E-state index in [4.69, 9.17) is 16.3 Å².